The molecule has 0 saturated heterocycles. The first-order chi connectivity index (χ1) is 10.7. The number of allylic oxidation sites excluding steroid dienone is 1. The molecule has 0 unspecified atom stereocenters. The molecule has 0 spiro atoms. The monoisotopic (exact) mass is 350 g/mol. The van der Waals surface area contributed by atoms with Crippen LogP contribution in [0.15, 0.2) is 11.8 Å². The summed E-state index contributed by atoms with van der Waals surface area (Å²) in [4.78, 5) is 24.7. The lowest BCUT2D eigenvalue weighted by Gasteiger charge is -2.08. The van der Waals surface area contributed by atoms with Crippen molar-refractivity contribution in [3.8, 4) is 0 Å². The Kier molecular flexibility index (Phi) is 4.84. The van der Waals surface area contributed by atoms with Crippen molar-refractivity contribution in [1.29, 1.82) is 0 Å². The van der Waals surface area contributed by atoms with E-state index in [0.717, 1.165) is 10.9 Å². The minimum atomic E-state index is -4.87. The van der Waals surface area contributed by atoms with Gasteiger partial charge in [-0.05, 0) is 19.8 Å². The van der Waals surface area contributed by atoms with Gasteiger partial charge in [-0.15, -0.1) is 0 Å². The fourth-order valence-electron chi connectivity index (χ4n) is 1.99. The number of ketones is 2. The lowest BCUT2D eigenvalue weighted by Crippen LogP contribution is -2.19. The van der Waals surface area contributed by atoms with E-state index in [-0.39, 0.29) is 12.5 Å². The van der Waals surface area contributed by atoms with E-state index in [1.54, 1.807) is 6.92 Å². The van der Waals surface area contributed by atoms with E-state index < -0.39 is 39.7 Å². The summed E-state index contributed by atoms with van der Waals surface area (Å²) in [6.07, 6.45) is -2.76. The number of nitrogens with zero attached hydrogens (tertiary/aromatic N) is 2. The molecule has 0 bridgehead atoms. The first-order valence-electron chi connectivity index (χ1n) is 6.88. The number of alkyl halides is 3. The highest BCUT2D eigenvalue weighted by atomic mass is 35.5. The average molecular weight is 351 g/mol. The molecule has 1 aromatic rings. The van der Waals surface area contributed by atoms with Crippen LogP contribution >= 0.6 is 11.6 Å². The molecule has 0 amide bonds. The molecule has 126 valence electrons. The van der Waals surface area contributed by atoms with Crippen molar-refractivity contribution >= 4 is 23.2 Å². The number of carbonyl (C=O) groups is 2. The highest BCUT2D eigenvalue weighted by Gasteiger charge is 2.43. The van der Waals surface area contributed by atoms with Crippen LogP contribution in [0.4, 0.5) is 13.2 Å². The molecular weight excluding hydrogens is 337 g/mol. The zero-order chi connectivity index (χ0) is 17.4. The number of ether oxygens (including phenoxy) is 1. The van der Waals surface area contributed by atoms with Gasteiger partial charge in [0.05, 0.1) is 18.4 Å². The standard InChI is InChI=1S/C14H14ClF3N2O3/c1-3-23-6-8(10(21)7-4-5-7)11(22)9-12(14(16,17)18)19-20(2)13(9)15/h6-7H,3-5H2,1-2H3. The number of hydrogen-bond acceptors (Lipinski definition) is 4. The molecule has 1 fully saturated rings. The summed E-state index contributed by atoms with van der Waals surface area (Å²) in [5.74, 6) is -2.01. The molecule has 1 aliphatic carbocycles. The van der Waals surface area contributed by atoms with Gasteiger partial charge in [-0.1, -0.05) is 11.6 Å². The summed E-state index contributed by atoms with van der Waals surface area (Å²) < 4.78 is 44.9. The molecule has 2 rings (SSSR count). The molecule has 5 nitrogen and oxygen atoms in total. The molecular formula is C14H14ClF3N2O3. The summed E-state index contributed by atoms with van der Waals surface area (Å²) in [5.41, 5.74) is -2.68. The van der Waals surface area contributed by atoms with E-state index in [1.165, 1.54) is 7.05 Å². The van der Waals surface area contributed by atoms with Crippen LogP contribution in [-0.2, 0) is 22.8 Å². The highest BCUT2D eigenvalue weighted by molar-refractivity contribution is 6.37. The SMILES string of the molecule is CCOC=C(C(=O)c1c(C(F)(F)F)nn(C)c1Cl)C(=O)C1CC1. The quantitative estimate of drug-likeness (QED) is 0.260. The lowest BCUT2D eigenvalue weighted by atomic mass is 9.99. The predicted molar refractivity (Wildman–Crippen MR) is 75.0 cm³/mol. The van der Waals surface area contributed by atoms with Gasteiger partial charge in [0.2, 0.25) is 5.78 Å². The van der Waals surface area contributed by atoms with Crippen LogP contribution in [0.2, 0.25) is 5.15 Å². The molecule has 1 aliphatic rings. The van der Waals surface area contributed by atoms with Crippen molar-refractivity contribution in [2.75, 3.05) is 6.61 Å². The van der Waals surface area contributed by atoms with Crippen LogP contribution in [0.25, 0.3) is 0 Å². The molecule has 0 aliphatic heterocycles. The Hall–Kier alpha value is -1.83. The summed E-state index contributed by atoms with van der Waals surface area (Å²) in [5, 5.41) is 2.77. The largest absolute Gasteiger partial charge is 0.501 e. The fourth-order valence-corrected chi connectivity index (χ4v) is 2.21. The number of rotatable bonds is 6. The first kappa shape index (κ1) is 17.5. The van der Waals surface area contributed by atoms with Crippen molar-refractivity contribution in [2.45, 2.75) is 25.9 Å². The molecule has 9 heteroatoms. The Morgan fingerprint density at radius 1 is 1.43 bits per heavy atom. The normalized spacial score (nSPS) is 15.7. The second-order valence-corrected chi connectivity index (χ2v) is 5.45. The van der Waals surface area contributed by atoms with E-state index >= 15 is 0 Å². The van der Waals surface area contributed by atoms with E-state index in [2.05, 4.69) is 5.10 Å². The topological polar surface area (TPSA) is 61.2 Å². The lowest BCUT2D eigenvalue weighted by molar-refractivity contribution is -0.141. The summed E-state index contributed by atoms with van der Waals surface area (Å²) in [6, 6.07) is 0. The third kappa shape index (κ3) is 3.57. The average Bonchev–Trinajstić information content (AvgIpc) is 3.25. The third-order valence-corrected chi connectivity index (χ3v) is 3.73. The highest BCUT2D eigenvalue weighted by Crippen LogP contribution is 2.37. The molecule has 23 heavy (non-hydrogen) atoms. The minimum Gasteiger partial charge on any atom is -0.501 e. The Morgan fingerprint density at radius 3 is 2.52 bits per heavy atom. The van der Waals surface area contributed by atoms with Crippen molar-refractivity contribution in [3.05, 3.63) is 28.2 Å². The van der Waals surface area contributed by atoms with Crippen LogP contribution in [0.1, 0.15) is 35.8 Å². The molecule has 1 heterocycles. The zero-order valence-electron chi connectivity index (χ0n) is 12.4. The number of hydrogen-bond donors (Lipinski definition) is 0. The van der Waals surface area contributed by atoms with Crippen LogP contribution < -0.4 is 0 Å². The van der Waals surface area contributed by atoms with Gasteiger partial charge >= 0.3 is 6.18 Å². The van der Waals surface area contributed by atoms with Crippen molar-refractivity contribution in [3.63, 3.8) is 0 Å². The maximum Gasteiger partial charge on any atom is 0.435 e. The third-order valence-electron chi connectivity index (χ3n) is 3.30. The number of aromatic nitrogens is 2. The molecule has 0 radical (unpaired) electrons. The van der Waals surface area contributed by atoms with E-state index in [0.29, 0.717) is 12.8 Å². The molecule has 0 atom stereocenters. The van der Waals surface area contributed by atoms with Crippen molar-refractivity contribution in [2.24, 2.45) is 13.0 Å². The summed E-state index contributed by atoms with van der Waals surface area (Å²) in [7, 11) is 1.18. The fraction of sp³-hybridized carbons (Fsp3) is 0.500. The zero-order valence-corrected chi connectivity index (χ0v) is 13.2. The predicted octanol–water partition coefficient (Wildman–Crippen LogP) is 3.17. The van der Waals surface area contributed by atoms with Gasteiger partial charge in [0.15, 0.2) is 11.5 Å². The Morgan fingerprint density at radius 2 is 2.04 bits per heavy atom. The Balaban J connectivity index is 2.50. The summed E-state index contributed by atoms with van der Waals surface area (Å²) >= 11 is 5.79. The molecule has 1 aromatic heterocycles. The molecule has 0 N–H and O–H groups in total. The number of carbonyl (C=O) groups excluding carboxylic acids is 2. The summed E-state index contributed by atoms with van der Waals surface area (Å²) in [6.45, 7) is 1.79. The molecule has 1 saturated carbocycles. The van der Waals surface area contributed by atoms with E-state index in [9.17, 15) is 22.8 Å². The van der Waals surface area contributed by atoms with Gasteiger partial charge in [-0.2, -0.15) is 18.3 Å². The maximum atomic E-state index is 13.1. The second-order valence-electron chi connectivity index (χ2n) is 5.09. The van der Waals surface area contributed by atoms with Gasteiger partial charge in [0.1, 0.15) is 10.7 Å². The van der Waals surface area contributed by atoms with E-state index in [4.69, 9.17) is 16.3 Å². The van der Waals surface area contributed by atoms with Gasteiger partial charge in [-0.25, -0.2) is 0 Å². The molecule has 0 aromatic carbocycles. The second kappa shape index (κ2) is 6.35. The van der Waals surface area contributed by atoms with Gasteiger partial charge < -0.3 is 4.74 Å². The maximum absolute atomic E-state index is 13.1. The minimum absolute atomic E-state index is 0.168. The van der Waals surface area contributed by atoms with Crippen molar-refractivity contribution < 1.29 is 27.5 Å². The number of aryl methyl sites for hydroxylation is 1. The van der Waals surface area contributed by atoms with Crippen LogP contribution in [0.3, 0.4) is 0 Å². The van der Waals surface area contributed by atoms with Gasteiger partial charge in [0, 0.05) is 13.0 Å². The van der Waals surface area contributed by atoms with Crippen molar-refractivity contribution in [1.82, 2.24) is 9.78 Å². The van der Waals surface area contributed by atoms with Crippen LogP contribution in [0.5, 0.6) is 0 Å². The van der Waals surface area contributed by atoms with Gasteiger partial charge in [-0.3, -0.25) is 14.3 Å². The van der Waals surface area contributed by atoms with Crippen LogP contribution in [0, 0.1) is 5.92 Å². The smallest absolute Gasteiger partial charge is 0.435 e. The van der Waals surface area contributed by atoms with Crippen LogP contribution in [-0.4, -0.2) is 28.0 Å². The Bertz CT molecular complexity index is 676. The number of halogens is 4. The van der Waals surface area contributed by atoms with Gasteiger partial charge in [0.25, 0.3) is 0 Å². The first-order valence-corrected chi connectivity index (χ1v) is 7.26. The number of Topliss-reactive ketones (excluding diaryl/α,β-unsaturated/α-hetero) is 2. The van der Waals surface area contributed by atoms with E-state index in [1.807, 2.05) is 0 Å². The Labute approximate surface area is 135 Å².